The Morgan fingerprint density at radius 1 is 1.19 bits per heavy atom. The fourth-order valence-electron chi connectivity index (χ4n) is 3.57. The normalized spacial score (nSPS) is 18.5. The molecule has 2 aromatic carbocycles. The van der Waals surface area contributed by atoms with Crippen LogP contribution in [0, 0.1) is 11.6 Å². The molecule has 0 radical (unpaired) electrons. The molecule has 1 fully saturated rings. The van der Waals surface area contributed by atoms with Crippen LogP contribution in [0.4, 0.5) is 8.78 Å². The fourth-order valence-corrected chi connectivity index (χ4v) is 3.57. The zero-order valence-electron chi connectivity index (χ0n) is 15.2. The Morgan fingerprint density at radius 2 is 1.85 bits per heavy atom. The van der Waals surface area contributed by atoms with Gasteiger partial charge in [-0.2, -0.15) is 0 Å². The van der Waals surface area contributed by atoms with Gasteiger partial charge in [0.2, 0.25) is 5.91 Å². The molecule has 1 atom stereocenters. The molecule has 0 bridgehead atoms. The maximum absolute atomic E-state index is 14.0. The van der Waals surface area contributed by atoms with Gasteiger partial charge in [0.25, 0.3) is 0 Å². The number of amides is 1. The van der Waals surface area contributed by atoms with Crippen LogP contribution in [0.2, 0.25) is 0 Å². The molecule has 144 valence electrons. The highest BCUT2D eigenvalue weighted by Crippen LogP contribution is 2.35. The second-order valence-electron chi connectivity index (χ2n) is 7.14. The van der Waals surface area contributed by atoms with Crippen LogP contribution in [-0.2, 0) is 20.5 Å². The molecule has 0 aromatic heterocycles. The molecule has 2 aromatic rings. The average molecular weight is 375 g/mol. The van der Waals surface area contributed by atoms with E-state index >= 15 is 0 Å². The van der Waals surface area contributed by atoms with E-state index < -0.39 is 22.7 Å². The van der Waals surface area contributed by atoms with Crippen molar-refractivity contribution in [2.75, 3.05) is 19.8 Å². The average Bonchev–Trinajstić information content (AvgIpc) is 2.67. The van der Waals surface area contributed by atoms with Gasteiger partial charge >= 0.3 is 0 Å². The van der Waals surface area contributed by atoms with Crippen LogP contribution in [0.1, 0.15) is 30.9 Å². The van der Waals surface area contributed by atoms with Gasteiger partial charge in [0.05, 0.1) is 12.0 Å². The molecular weight excluding hydrogens is 352 g/mol. The first-order chi connectivity index (χ1) is 12.8. The van der Waals surface area contributed by atoms with E-state index in [1.807, 2.05) is 30.3 Å². The van der Waals surface area contributed by atoms with Crippen molar-refractivity contribution >= 4 is 5.91 Å². The molecule has 0 spiro atoms. The molecule has 6 heteroatoms. The van der Waals surface area contributed by atoms with Crippen molar-refractivity contribution in [1.82, 2.24) is 5.32 Å². The van der Waals surface area contributed by atoms with E-state index in [1.165, 1.54) is 13.0 Å². The van der Waals surface area contributed by atoms with E-state index in [1.54, 1.807) is 0 Å². The number of hydrogen-bond donors (Lipinski definition) is 2. The monoisotopic (exact) mass is 375 g/mol. The van der Waals surface area contributed by atoms with Gasteiger partial charge in [-0.25, -0.2) is 8.78 Å². The third kappa shape index (κ3) is 4.01. The second-order valence-corrected chi connectivity index (χ2v) is 7.14. The number of ether oxygens (including phenoxy) is 1. The predicted octanol–water partition coefficient (Wildman–Crippen LogP) is 3.04. The molecule has 0 saturated carbocycles. The first-order valence-electron chi connectivity index (χ1n) is 8.95. The molecule has 3 rings (SSSR count). The molecule has 1 aliphatic heterocycles. The van der Waals surface area contributed by atoms with Crippen LogP contribution < -0.4 is 5.32 Å². The van der Waals surface area contributed by atoms with Crippen molar-refractivity contribution in [2.24, 2.45) is 0 Å². The number of carbonyl (C=O) groups excluding carboxylic acids is 1. The third-order valence-electron chi connectivity index (χ3n) is 5.21. The molecule has 27 heavy (non-hydrogen) atoms. The third-order valence-corrected chi connectivity index (χ3v) is 5.21. The van der Waals surface area contributed by atoms with Gasteiger partial charge in [0.15, 0.2) is 0 Å². The largest absolute Gasteiger partial charge is 0.383 e. The second kappa shape index (κ2) is 7.74. The summed E-state index contributed by atoms with van der Waals surface area (Å²) in [6.07, 6.45) is 1.05. The van der Waals surface area contributed by atoms with Crippen molar-refractivity contribution in [2.45, 2.75) is 30.8 Å². The van der Waals surface area contributed by atoms with E-state index in [0.717, 1.165) is 17.7 Å². The van der Waals surface area contributed by atoms with E-state index in [9.17, 15) is 18.7 Å². The number of aliphatic hydroxyl groups is 1. The number of nitrogens with one attached hydrogen (secondary N) is 1. The van der Waals surface area contributed by atoms with E-state index in [2.05, 4.69) is 5.32 Å². The van der Waals surface area contributed by atoms with Gasteiger partial charge < -0.3 is 15.2 Å². The summed E-state index contributed by atoms with van der Waals surface area (Å²) in [5.41, 5.74) is -1.60. The van der Waals surface area contributed by atoms with Crippen LogP contribution in [0.3, 0.4) is 0 Å². The number of halogens is 2. The molecule has 1 aliphatic rings. The molecule has 2 N–H and O–H groups in total. The van der Waals surface area contributed by atoms with E-state index in [-0.39, 0.29) is 18.0 Å². The summed E-state index contributed by atoms with van der Waals surface area (Å²) >= 11 is 0. The quantitative estimate of drug-likeness (QED) is 0.845. The molecule has 0 aliphatic carbocycles. The Hall–Kier alpha value is -2.31. The van der Waals surface area contributed by atoms with Gasteiger partial charge in [-0.3, -0.25) is 4.79 Å². The minimum atomic E-state index is -1.67. The van der Waals surface area contributed by atoms with Crippen LogP contribution in [0.25, 0.3) is 0 Å². The highest BCUT2D eigenvalue weighted by atomic mass is 19.1. The Morgan fingerprint density at radius 3 is 2.48 bits per heavy atom. The van der Waals surface area contributed by atoms with Gasteiger partial charge in [-0.15, -0.1) is 0 Å². The summed E-state index contributed by atoms with van der Waals surface area (Å²) in [6.45, 7) is 2.13. The standard InChI is InChI=1S/C21H23F2NO3/c1-20(26,17-8-7-16(22)13-18(17)23)14-24-19(25)21(9-11-27-12-10-21)15-5-3-2-4-6-15/h2-8,13,26H,9-12,14H2,1H3,(H,24,25)/t20-/m1/s1. The minimum absolute atomic E-state index is 0.0649. The number of rotatable bonds is 5. The predicted molar refractivity (Wildman–Crippen MR) is 97.1 cm³/mol. The molecule has 4 nitrogen and oxygen atoms in total. The summed E-state index contributed by atoms with van der Waals surface area (Å²) in [6, 6.07) is 12.4. The number of benzene rings is 2. The molecule has 0 unspecified atom stereocenters. The number of hydrogen-bond acceptors (Lipinski definition) is 3. The summed E-state index contributed by atoms with van der Waals surface area (Å²) in [5, 5.41) is 13.4. The van der Waals surface area contributed by atoms with Gasteiger partial charge in [0.1, 0.15) is 17.2 Å². The lowest BCUT2D eigenvalue weighted by atomic mass is 9.73. The van der Waals surface area contributed by atoms with Gasteiger partial charge in [-0.05, 0) is 31.4 Å². The van der Waals surface area contributed by atoms with Crippen molar-refractivity contribution in [3.05, 3.63) is 71.3 Å². The highest BCUT2D eigenvalue weighted by Gasteiger charge is 2.42. The van der Waals surface area contributed by atoms with E-state index in [4.69, 9.17) is 4.74 Å². The SMILES string of the molecule is C[C@@](O)(CNC(=O)C1(c2ccccc2)CCOCC1)c1ccc(F)cc1F. The summed E-state index contributed by atoms with van der Waals surface area (Å²) in [7, 11) is 0. The Bertz CT molecular complexity index is 802. The van der Waals surface area contributed by atoms with E-state index in [0.29, 0.717) is 26.1 Å². The number of carbonyl (C=O) groups is 1. The smallest absolute Gasteiger partial charge is 0.230 e. The lowest BCUT2D eigenvalue weighted by Crippen LogP contribution is -2.51. The van der Waals surface area contributed by atoms with Crippen molar-refractivity contribution in [1.29, 1.82) is 0 Å². The summed E-state index contributed by atoms with van der Waals surface area (Å²) in [4.78, 5) is 13.1. The van der Waals surface area contributed by atoms with Crippen molar-refractivity contribution in [3.8, 4) is 0 Å². The van der Waals surface area contributed by atoms with Crippen LogP contribution in [0.15, 0.2) is 48.5 Å². The lowest BCUT2D eigenvalue weighted by molar-refractivity contribution is -0.131. The van der Waals surface area contributed by atoms with Crippen molar-refractivity contribution in [3.63, 3.8) is 0 Å². The molecular formula is C21H23F2NO3. The maximum atomic E-state index is 14.0. The lowest BCUT2D eigenvalue weighted by Gasteiger charge is -2.37. The Labute approximate surface area is 157 Å². The molecule has 1 heterocycles. The summed E-state index contributed by atoms with van der Waals surface area (Å²) in [5.74, 6) is -1.81. The Balaban J connectivity index is 1.80. The first kappa shape index (κ1) is 19.5. The van der Waals surface area contributed by atoms with Gasteiger partial charge in [-0.1, -0.05) is 36.4 Å². The zero-order chi connectivity index (χ0) is 19.5. The summed E-state index contributed by atoms with van der Waals surface area (Å²) < 4.78 is 32.6. The van der Waals surface area contributed by atoms with Crippen LogP contribution in [0.5, 0.6) is 0 Å². The fraction of sp³-hybridized carbons (Fsp3) is 0.381. The van der Waals surface area contributed by atoms with Crippen LogP contribution in [-0.4, -0.2) is 30.8 Å². The molecule has 1 amide bonds. The maximum Gasteiger partial charge on any atom is 0.230 e. The topological polar surface area (TPSA) is 58.6 Å². The van der Waals surface area contributed by atoms with Crippen molar-refractivity contribution < 1.29 is 23.4 Å². The zero-order valence-corrected chi connectivity index (χ0v) is 15.2. The van der Waals surface area contributed by atoms with Gasteiger partial charge in [0, 0.05) is 24.8 Å². The Kier molecular flexibility index (Phi) is 5.58. The van der Waals surface area contributed by atoms with Crippen LogP contribution >= 0.6 is 0 Å². The minimum Gasteiger partial charge on any atom is -0.383 e. The highest BCUT2D eigenvalue weighted by molar-refractivity contribution is 5.88. The molecule has 1 saturated heterocycles. The first-order valence-corrected chi connectivity index (χ1v) is 8.95.